The highest BCUT2D eigenvalue weighted by molar-refractivity contribution is 6.32. The monoisotopic (exact) mass is 361 g/mol. The average molecular weight is 361 g/mol. The largest absolute Gasteiger partial charge is 0.336 e. The molecule has 0 N–H and O–H groups in total. The highest BCUT2D eigenvalue weighted by atomic mass is 19.1. The van der Waals surface area contributed by atoms with Crippen molar-refractivity contribution in [3.8, 4) is 0 Å². The Morgan fingerprint density at radius 2 is 0.815 bits per heavy atom. The van der Waals surface area contributed by atoms with Gasteiger partial charge >= 0.3 is 0 Å². The number of hydrogen-bond acceptors (Lipinski definition) is 3. The normalized spacial score (nSPS) is 14.5. The number of benzene rings is 3. The predicted octanol–water partition coefficient (Wildman–Crippen LogP) is 3.46. The van der Waals surface area contributed by atoms with Crippen molar-refractivity contribution >= 4 is 30.4 Å². The zero-order valence-corrected chi connectivity index (χ0v) is 14.7. The van der Waals surface area contributed by atoms with E-state index in [1.165, 1.54) is 24.3 Å². The molecule has 1 saturated heterocycles. The van der Waals surface area contributed by atoms with Gasteiger partial charge in [-0.2, -0.15) is 0 Å². The van der Waals surface area contributed by atoms with Crippen LogP contribution in [0.5, 0.6) is 0 Å². The van der Waals surface area contributed by atoms with Crippen molar-refractivity contribution in [1.29, 1.82) is 0 Å². The van der Waals surface area contributed by atoms with Crippen LogP contribution in [0.4, 0.5) is 25.8 Å². The molecule has 1 fully saturated rings. The van der Waals surface area contributed by atoms with Gasteiger partial charge in [-0.3, -0.25) is 0 Å². The lowest BCUT2D eigenvalue weighted by Crippen LogP contribution is -2.55. The molecule has 134 valence electrons. The minimum Gasteiger partial charge on any atom is -0.336 e. The summed E-state index contributed by atoms with van der Waals surface area (Å²) in [7, 11) is 5.81. The van der Waals surface area contributed by atoms with Crippen molar-refractivity contribution in [3.63, 3.8) is 0 Å². The molecule has 6 heteroatoms. The van der Waals surface area contributed by atoms with Gasteiger partial charge in [0, 0.05) is 17.1 Å². The molecule has 4 rings (SSSR count). The van der Waals surface area contributed by atoms with Crippen LogP contribution < -0.4 is 20.2 Å². The van der Waals surface area contributed by atoms with Crippen molar-refractivity contribution in [2.24, 2.45) is 0 Å². The van der Waals surface area contributed by atoms with Crippen molar-refractivity contribution in [1.82, 2.24) is 0 Å². The summed E-state index contributed by atoms with van der Waals surface area (Å²) in [5.41, 5.74) is 3.58. The third kappa shape index (κ3) is 3.89. The summed E-state index contributed by atoms with van der Waals surface area (Å²) in [5, 5.41) is 0. The Bertz CT molecular complexity index is 770. The smallest absolute Gasteiger partial charge is 0.123 e. The molecule has 1 aliphatic rings. The van der Waals surface area contributed by atoms with Crippen molar-refractivity contribution in [3.05, 3.63) is 84.4 Å². The van der Waals surface area contributed by atoms with E-state index in [1.54, 1.807) is 24.3 Å². The number of halogens is 2. The highest BCUT2D eigenvalue weighted by Crippen LogP contribution is 2.26. The van der Waals surface area contributed by atoms with Crippen LogP contribution in [0.25, 0.3) is 0 Å². The third-order valence-electron chi connectivity index (χ3n) is 4.67. The van der Waals surface area contributed by atoms with E-state index in [0.29, 0.717) is 25.5 Å². The summed E-state index contributed by atoms with van der Waals surface area (Å²) in [5.74, 6) is -0.525. The van der Waals surface area contributed by atoms with Crippen LogP contribution in [0.15, 0.2) is 72.8 Å². The Kier molecular flexibility index (Phi) is 4.71. The molecular formula is C21H18BF2N3. The zero-order chi connectivity index (χ0) is 18.8. The van der Waals surface area contributed by atoms with E-state index in [2.05, 4.69) is 14.7 Å². The van der Waals surface area contributed by atoms with E-state index in [0.717, 1.165) is 17.1 Å². The van der Waals surface area contributed by atoms with Gasteiger partial charge < -0.3 is 14.7 Å². The van der Waals surface area contributed by atoms with Gasteiger partial charge in [0.2, 0.25) is 0 Å². The lowest BCUT2D eigenvalue weighted by Gasteiger charge is -2.45. The average Bonchev–Trinajstić information content (AvgIpc) is 2.69. The molecule has 0 saturated carbocycles. The topological polar surface area (TPSA) is 9.72 Å². The second-order valence-corrected chi connectivity index (χ2v) is 6.59. The third-order valence-corrected chi connectivity index (χ3v) is 4.67. The van der Waals surface area contributed by atoms with Crippen LogP contribution in [-0.2, 0) is 0 Å². The highest BCUT2D eigenvalue weighted by Gasteiger charge is 2.24. The predicted molar refractivity (Wildman–Crippen MR) is 107 cm³/mol. The van der Waals surface area contributed by atoms with Gasteiger partial charge in [0.1, 0.15) is 19.5 Å². The molecule has 0 aromatic heterocycles. The first-order chi connectivity index (χ1) is 13.1. The van der Waals surface area contributed by atoms with Crippen LogP contribution in [0.2, 0.25) is 0 Å². The minimum atomic E-state index is -0.262. The first-order valence-corrected chi connectivity index (χ1v) is 8.70. The summed E-state index contributed by atoms with van der Waals surface area (Å²) >= 11 is 0. The first-order valence-electron chi connectivity index (χ1n) is 8.70. The second kappa shape index (κ2) is 7.31. The summed E-state index contributed by atoms with van der Waals surface area (Å²) < 4.78 is 26.7. The van der Waals surface area contributed by atoms with Crippen LogP contribution in [0, 0.1) is 11.6 Å². The maximum atomic E-state index is 13.3. The van der Waals surface area contributed by atoms with Crippen LogP contribution in [0.3, 0.4) is 0 Å². The summed E-state index contributed by atoms with van der Waals surface area (Å²) in [6, 6.07) is 20.6. The van der Waals surface area contributed by atoms with E-state index in [9.17, 15) is 8.78 Å². The van der Waals surface area contributed by atoms with Gasteiger partial charge in [0.15, 0.2) is 0 Å². The Morgan fingerprint density at radius 1 is 0.519 bits per heavy atom. The fourth-order valence-electron chi connectivity index (χ4n) is 3.23. The molecule has 27 heavy (non-hydrogen) atoms. The molecule has 1 heterocycles. The first kappa shape index (κ1) is 17.4. The van der Waals surface area contributed by atoms with E-state index in [1.807, 2.05) is 24.3 Å². The molecular weight excluding hydrogens is 343 g/mol. The summed E-state index contributed by atoms with van der Waals surface area (Å²) in [6.45, 7) is 1.91. The van der Waals surface area contributed by atoms with Crippen molar-refractivity contribution in [2.75, 3.05) is 34.7 Å². The Labute approximate surface area is 158 Å². The van der Waals surface area contributed by atoms with Gasteiger partial charge in [-0.1, -0.05) is 17.6 Å². The Hall–Kier alpha value is -3.02. The van der Waals surface area contributed by atoms with Gasteiger partial charge in [-0.05, 0) is 60.7 Å². The van der Waals surface area contributed by atoms with Gasteiger partial charge in [0.25, 0.3) is 0 Å². The number of hydrogen-bond donors (Lipinski definition) is 0. The summed E-state index contributed by atoms with van der Waals surface area (Å²) in [4.78, 5) is 6.47. The van der Waals surface area contributed by atoms with E-state index < -0.39 is 0 Å². The van der Waals surface area contributed by atoms with E-state index in [-0.39, 0.29) is 11.6 Å². The molecule has 3 aromatic carbocycles. The van der Waals surface area contributed by atoms with Crippen molar-refractivity contribution < 1.29 is 8.78 Å². The van der Waals surface area contributed by atoms with Gasteiger partial charge in [-0.25, -0.2) is 8.78 Å². The van der Waals surface area contributed by atoms with Crippen LogP contribution in [0.1, 0.15) is 0 Å². The molecule has 0 amide bonds. The Balaban J connectivity index is 1.66. The molecule has 0 unspecified atom stereocenters. The molecule has 0 aliphatic carbocycles. The van der Waals surface area contributed by atoms with Crippen LogP contribution in [-0.4, -0.2) is 27.9 Å². The number of nitrogens with zero attached hydrogens (tertiary/aromatic N) is 3. The minimum absolute atomic E-state index is 0.262. The lowest BCUT2D eigenvalue weighted by atomic mass is 9.96. The molecule has 1 aliphatic heterocycles. The van der Waals surface area contributed by atoms with Gasteiger partial charge in [-0.15, -0.1) is 0 Å². The molecule has 3 aromatic rings. The molecule has 0 spiro atoms. The summed E-state index contributed by atoms with van der Waals surface area (Å²) in [6.07, 6.45) is 0. The molecule has 2 radical (unpaired) electrons. The van der Waals surface area contributed by atoms with Gasteiger partial charge in [0.05, 0.1) is 20.0 Å². The SMILES string of the molecule is [B]c1ccc(N2CN(c3ccc(F)cc3)CN(c3ccc(F)cc3)C2)cc1. The van der Waals surface area contributed by atoms with E-state index >= 15 is 0 Å². The fraction of sp³-hybridized carbons (Fsp3) is 0.143. The maximum Gasteiger partial charge on any atom is 0.123 e. The Morgan fingerprint density at radius 3 is 1.15 bits per heavy atom. The number of rotatable bonds is 3. The molecule has 0 atom stereocenters. The van der Waals surface area contributed by atoms with E-state index in [4.69, 9.17) is 7.85 Å². The molecule has 0 bridgehead atoms. The lowest BCUT2D eigenvalue weighted by molar-refractivity contribution is 0.604. The fourth-order valence-corrected chi connectivity index (χ4v) is 3.23. The number of anilines is 3. The molecule has 3 nitrogen and oxygen atoms in total. The zero-order valence-electron chi connectivity index (χ0n) is 14.7. The van der Waals surface area contributed by atoms with Crippen molar-refractivity contribution in [2.45, 2.75) is 0 Å². The van der Waals surface area contributed by atoms with Crippen LogP contribution >= 0.6 is 0 Å². The standard InChI is InChI=1S/C21H18BF2N3/c22-16-1-7-19(8-2-16)25-13-26(20-9-3-17(23)4-10-20)15-27(14-25)21-11-5-18(24)6-12-21/h1-12H,13-15H2. The quantitative estimate of drug-likeness (QED) is 0.662. The second-order valence-electron chi connectivity index (χ2n) is 6.59. The maximum absolute atomic E-state index is 13.3.